The summed E-state index contributed by atoms with van der Waals surface area (Å²) in [5.74, 6) is 2.28. The van der Waals surface area contributed by atoms with Crippen LogP contribution in [-0.2, 0) is 9.53 Å². The number of nitrogens with one attached hydrogen (secondary N) is 1. The SMILES string of the molecule is CCOc1ccccc1C1CCNCC1.O=C(C1COC1)N1CC2(CCCC2)C1. The Balaban J connectivity index is 0.000000141. The molecule has 1 aromatic rings. The summed E-state index contributed by atoms with van der Waals surface area (Å²) in [6.07, 6.45) is 7.88. The van der Waals surface area contributed by atoms with Crippen LogP contribution in [0.2, 0.25) is 0 Å². The Morgan fingerprint density at radius 1 is 1.17 bits per heavy atom. The molecule has 160 valence electrons. The number of likely N-dealkylation sites (tertiary alicyclic amines) is 1. The van der Waals surface area contributed by atoms with Gasteiger partial charge in [-0.05, 0) is 63.2 Å². The van der Waals surface area contributed by atoms with Crippen LogP contribution in [0.15, 0.2) is 24.3 Å². The van der Waals surface area contributed by atoms with Gasteiger partial charge in [0.15, 0.2) is 0 Å². The third-order valence-electron chi connectivity index (χ3n) is 7.01. The van der Waals surface area contributed by atoms with Crippen LogP contribution in [0.1, 0.15) is 56.9 Å². The van der Waals surface area contributed by atoms with E-state index in [4.69, 9.17) is 9.47 Å². The molecule has 1 N–H and O–H groups in total. The van der Waals surface area contributed by atoms with E-state index < -0.39 is 0 Å². The molecular formula is C24H36N2O3. The zero-order valence-electron chi connectivity index (χ0n) is 17.8. The van der Waals surface area contributed by atoms with E-state index in [1.807, 2.05) is 11.8 Å². The fourth-order valence-electron chi connectivity index (χ4n) is 5.23. The van der Waals surface area contributed by atoms with Gasteiger partial charge in [-0.3, -0.25) is 4.79 Å². The highest BCUT2D eigenvalue weighted by atomic mass is 16.5. The first-order valence-electron chi connectivity index (χ1n) is 11.5. The number of nitrogens with zero attached hydrogens (tertiary/aromatic N) is 1. The molecule has 3 heterocycles. The van der Waals surface area contributed by atoms with Crippen molar-refractivity contribution in [2.45, 2.75) is 51.4 Å². The van der Waals surface area contributed by atoms with Gasteiger partial charge in [0.2, 0.25) is 5.91 Å². The smallest absolute Gasteiger partial charge is 0.230 e. The number of rotatable bonds is 4. The Kier molecular flexibility index (Phi) is 6.76. The lowest BCUT2D eigenvalue weighted by Gasteiger charge is -2.50. The van der Waals surface area contributed by atoms with E-state index in [9.17, 15) is 4.79 Å². The molecule has 5 nitrogen and oxygen atoms in total. The van der Waals surface area contributed by atoms with Crippen LogP contribution in [0.4, 0.5) is 0 Å². The highest BCUT2D eigenvalue weighted by molar-refractivity contribution is 5.80. The van der Waals surface area contributed by atoms with Crippen LogP contribution >= 0.6 is 0 Å². The summed E-state index contributed by atoms with van der Waals surface area (Å²) in [6.45, 7) is 8.42. The van der Waals surface area contributed by atoms with Crippen molar-refractivity contribution in [3.63, 3.8) is 0 Å². The van der Waals surface area contributed by atoms with E-state index >= 15 is 0 Å². The quantitative estimate of drug-likeness (QED) is 0.839. The number of benzene rings is 1. The van der Waals surface area contributed by atoms with Crippen molar-refractivity contribution in [3.8, 4) is 5.75 Å². The Morgan fingerprint density at radius 2 is 1.86 bits per heavy atom. The average Bonchev–Trinajstić information content (AvgIpc) is 3.18. The number of hydrogen-bond acceptors (Lipinski definition) is 4. The molecule has 4 fully saturated rings. The normalized spacial score (nSPS) is 23.7. The van der Waals surface area contributed by atoms with Gasteiger partial charge < -0.3 is 19.7 Å². The molecule has 4 aliphatic rings. The number of ether oxygens (including phenoxy) is 2. The molecule has 5 rings (SSSR count). The summed E-state index contributed by atoms with van der Waals surface area (Å²) in [5.41, 5.74) is 1.93. The lowest BCUT2D eigenvalue weighted by molar-refractivity contribution is -0.161. The number of para-hydroxylation sites is 1. The lowest BCUT2D eigenvalue weighted by atomic mass is 9.77. The van der Waals surface area contributed by atoms with E-state index in [-0.39, 0.29) is 5.92 Å². The first kappa shape index (κ1) is 20.7. The van der Waals surface area contributed by atoms with E-state index in [0.717, 1.165) is 38.5 Å². The average molecular weight is 401 g/mol. The van der Waals surface area contributed by atoms with Gasteiger partial charge >= 0.3 is 0 Å². The number of piperidine rings is 1. The standard InChI is InChI=1S/C13H19NO.C11H17NO2/c1-2-15-13-6-4-3-5-12(13)11-7-9-14-10-8-11;13-10(9-5-14-6-9)12-7-11(8-12)3-1-2-4-11/h3-6,11,14H,2,7-10H2,1H3;9H,1-8H2. The minimum atomic E-state index is 0.189. The molecule has 0 bridgehead atoms. The molecule has 1 aliphatic carbocycles. The Bertz CT molecular complexity index is 668. The minimum Gasteiger partial charge on any atom is -0.494 e. The molecule has 1 aromatic carbocycles. The fraction of sp³-hybridized carbons (Fsp3) is 0.708. The van der Waals surface area contributed by atoms with Crippen molar-refractivity contribution in [2.24, 2.45) is 11.3 Å². The predicted molar refractivity (Wildman–Crippen MR) is 114 cm³/mol. The molecule has 3 aliphatic heterocycles. The zero-order valence-corrected chi connectivity index (χ0v) is 17.8. The van der Waals surface area contributed by atoms with E-state index in [2.05, 4.69) is 29.6 Å². The van der Waals surface area contributed by atoms with E-state index in [1.165, 1.54) is 44.1 Å². The highest BCUT2D eigenvalue weighted by Gasteiger charge is 2.48. The summed E-state index contributed by atoms with van der Waals surface area (Å²) in [5, 5.41) is 3.40. The maximum Gasteiger partial charge on any atom is 0.230 e. The van der Waals surface area contributed by atoms with Crippen molar-refractivity contribution < 1.29 is 14.3 Å². The van der Waals surface area contributed by atoms with Crippen LogP contribution in [-0.4, -0.2) is 56.8 Å². The van der Waals surface area contributed by atoms with Gasteiger partial charge in [-0.15, -0.1) is 0 Å². The van der Waals surface area contributed by atoms with Gasteiger partial charge in [0.1, 0.15) is 5.75 Å². The Labute approximate surface area is 175 Å². The molecule has 0 atom stereocenters. The predicted octanol–water partition coefficient (Wildman–Crippen LogP) is 3.59. The topological polar surface area (TPSA) is 50.8 Å². The monoisotopic (exact) mass is 400 g/mol. The van der Waals surface area contributed by atoms with Gasteiger partial charge in [-0.1, -0.05) is 31.0 Å². The van der Waals surface area contributed by atoms with Crippen molar-refractivity contribution in [1.29, 1.82) is 0 Å². The zero-order chi connectivity index (χ0) is 20.1. The van der Waals surface area contributed by atoms with Crippen molar-refractivity contribution >= 4 is 5.91 Å². The molecule has 0 aromatic heterocycles. The molecule has 1 spiro atoms. The molecule has 29 heavy (non-hydrogen) atoms. The van der Waals surface area contributed by atoms with Crippen molar-refractivity contribution in [2.75, 3.05) is 46.0 Å². The van der Waals surface area contributed by atoms with Crippen LogP contribution in [0.3, 0.4) is 0 Å². The third-order valence-corrected chi connectivity index (χ3v) is 7.01. The maximum atomic E-state index is 11.8. The summed E-state index contributed by atoms with van der Waals surface area (Å²) in [4.78, 5) is 13.8. The van der Waals surface area contributed by atoms with Crippen molar-refractivity contribution in [3.05, 3.63) is 29.8 Å². The molecule has 0 unspecified atom stereocenters. The summed E-state index contributed by atoms with van der Waals surface area (Å²) >= 11 is 0. The second kappa shape index (κ2) is 9.48. The number of carbonyl (C=O) groups is 1. The Hall–Kier alpha value is -1.59. The molecule has 1 amide bonds. The molecule has 5 heteroatoms. The number of amides is 1. The van der Waals surface area contributed by atoms with Crippen molar-refractivity contribution in [1.82, 2.24) is 10.2 Å². The lowest BCUT2D eigenvalue weighted by Crippen LogP contribution is -2.60. The fourth-order valence-corrected chi connectivity index (χ4v) is 5.23. The second-order valence-electron chi connectivity index (χ2n) is 9.13. The second-order valence-corrected chi connectivity index (χ2v) is 9.13. The third kappa shape index (κ3) is 4.77. The molecule has 1 saturated carbocycles. The molecule has 3 saturated heterocycles. The Morgan fingerprint density at radius 3 is 2.48 bits per heavy atom. The van der Waals surface area contributed by atoms with Gasteiger partial charge in [-0.25, -0.2) is 0 Å². The van der Waals surface area contributed by atoms with Crippen LogP contribution < -0.4 is 10.1 Å². The van der Waals surface area contributed by atoms with Crippen LogP contribution in [0.5, 0.6) is 5.75 Å². The van der Waals surface area contributed by atoms with Gasteiger partial charge in [0.25, 0.3) is 0 Å². The molecule has 0 radical (unpaired) electrons. The largest absolute Gasteiger partial charge is 0.494 e. The van der Waals surface area contributed by atoms with Crippen LogP contribution in [0, 0.1) is 11.3 Å². The summed E-state index contributed by atoms with van der Waals surface area (Å²) in [6, 6.07) is 8.46. The summed E-state index contributed by atoms with van der Waals surface area (Å²) < 4.78 is 10.7. The first-order chi connectivity index (χ1) is 14.2. The first-order valence-corrected chi connectivity index (χ1v) is 11.5. The van der Waals surface area contributed by atoms with Gasteiger partial charge in [0, 0.05) is 18.5 Å². The minimum absolute atomic E-state index is 0.189. The van der Waals surface area contributed by atoms with E-state index in [1.54, 1.807) is 0 Å². The number of carbonyl (C=O) groups excluding carboxylic acids is 1. The van der Waals surface area contributed by atoms with Gasteiger partial charge in [0.05, 0.1) is 25.7 Å². The van der Waals surface area contributed by atoms with E-state index in [0.29, 0.717) is 30.5 Å². The summed E-state index contributed by atoms with van der Waals surface area (Å²) in [7, 11) is 0. The van der Waals surface area contributed by atoms with Crippen LogP contribution in [0.25, 0.3) is 0 Å². The number of hydrogen-bond donors (Lipinski definition) is 1. The highest BCUT2D eigenvalue weighted by Crippen LogP contribution is 2.45. The van der Waals surface area contributed by atoms with Gasteiger partial charge in [-0.2, -0.15) is 0 Å². The maximum absolute atomic E-state index is 11.8. The molecular weight excluding hydrogens is 364 g/mol.